The first-order chi connectivity index (χ1) is 14.6. The van der Waals surface area contributed by atoms with E-state index < -0.39 is 0 Å². The van der Waals surface area contributed by atoms with E-state index in [0.717, 1.165) is 32.6 Å². The van der Waals surface area contributed by atoms with Crippen molar-refractivity contribution in [2.45, 2.75) is 20.4 Å². The van der Waals surface area contributed by atoms with E-state index in [9.17, 15) is 4.79 Å². The van der Waals surface area contributed by atoms with E-state index in [1.165, 1.54) is 11.3 Å². The van der Waals surface area contributed by atoms with Gasteiger partial charge < -0.3 is 14.0 Å². The lowest BCUT2D eigenvalue weighted by molar-refractivity contribution is 0.0997. The summed E-state index contributed by atoms with van der Waals surface area (Å²) in [4.78, 5) is 22.6. The minimum Gasteiger partial charge on any atom is -0.492 e. The summed E-state index contributed by atoms with van der Waals surface area (Å²) in [6.45, 7) is 5.55. The first kappa shape index (κ1) is 20.3. The molecule has 0 aliphatic heterocycles. The number of rotatable bonds is 6. The third-order valence-corrected chi connectivity index (χ3v) is 5.80. The summed E-state index contributed by atoms with van der Waals surface area (Å²) >= 11 is 1.47. The van der Waals surface area contributed by atoms with Crippen LogP contribution in [0, 0.1) is 6.92 Å². The molecule has 1 amide bonds. The zero-order valence-corrected chi connectivity index (χ0v) is 18.0. The van der Waals surface area contributed by atoms with Crippen LogP contribution in [0.1, 0.15) is 23.0 Å². The van der Waals surface area contributed by atoms with Crippen LogP contribution in [0.25, 0.3) is 21.1 Å². The van der Waals surface area contributed by atoms with Crippen molar-refractivity contribution in [3.8, 4) is 5.75 Å². The van der Waals surface area contributed by atoms with Gasteiger partial charge in [0.25, 0.3) is 5.91 Å². The van der Waals surface area contributed by atoms with E-state index in [4.69, 9.17) is 9.47 Å². The first-order valence-electron chi connectivity index (χ1n) is 9.81. The summed E-state index contributed by atoms with van der Waals surface area (Å²) in [5.74, 6) is 0.497. The Morgan fingerprint density at radius 1 is 1.20 bits per heavy atom. The zero-order chi connectivity index (χ0) is 21.1. The third kappa shape index (κ3) is 3.99. The Hall–Kier alpha value is -3.03. The predicted octanol–water partition coefficient (Wildman–Crippen LogP) is 4.35. The Bertz CT molecular complexity index is 1290. The molecule has 2 heterocycles. The minimum atomic E-state index is -0.284. The van der Waals surface area contributed by atoms with E-state index in [1.807, 2.05) is 60.9 Å². The monoisotopic (exact) mass is 421 g/mol. The largest absolute Gasteiger partial charge is 0.492 e. The van der Waals surface area contributed by atoms with Crippen molar-refractivity contribution in [2.24, 2.45) is 4.99 Å². The van der Waals surface area contributed by atoms with Gasteiger partial charge in [-0.3, -0.25) is 9.78 Å². The van der Waals surface area contributed by atoms with Crippen molar-refractivity contribution >= 4 is 38.4 Å². The highest BCUT2D eigenvalue weighted by Crippen LogP contribution is 2.27. The highest BCUT2D eigenvalue weighted by molar-refractivity contribution is 7.16. The van der Waals surface area contributed by atoms with Crippen LogP contribution < -0.4 is 9.54 Å². The summed E-state index contributed by atoms with van der Waals surface area (Å²) in [5.41, 5.74) is 3.28. The van der Waals surface area contributed by atoms with Crippen LogP contribution in [0.2, 0.25) is 0 Å². The number of nitrogens with zero attached hydrogens (tertiary/aromatic N) is 3. The molecular formula is C23H23N3O3S. The average molecular weight is 422 g/mol. The number of carbonyl (C=O) groups excluding carboxylic acids is 1. The molecule has 0 saturated heterocycles. The topological polar surface area (TPSA) is 65.7 Å². The van der Waals surface area contributed by atoms with Crippen molar-refractivity contribution in [1.29, 1.82) is 0 Å². The lowest BCUT2D eigenvalue weighted by Crippen LogP contribution is -2.19. The second kappa shape index (κ2) is 8.77. The van der Waals surface area contributed by atoms with Gasteiger partial charge in [-0.2, -0.15) is 4.99 Å². The number of hydrogen-bond donors (Lipinski definition) is 0. The van der Waals surface area contributed by atoms with Gasteiger partial charge in [-0.15, -0.1) is 0 Å². The molecular weight excluding hydrogens is 398 g/mol. The normalized spacial score (nSPS) is 12.0. The molecule has 30 heavy (non-hydrogen) atoms. The van der Waals surface area contributed by atoms with Crippen LogP contribution in [-0.2, 0) is 11.3 Å². The summed E-state index contributed by atoms with van der Waals surface area (Å²) < 4.78 is 14.1. The van der Waals surface area contributed by atoms with Gasteiger partial charge in [0.2, 0.25) is 0 Å². The number of thiazole rings is 1. The van der Waals surface area contributed by atoms with Gasteiger partial charge in [0, 0.05) is 30.3 Å². The lowest BCUT2D eigenvalue weighted by Gasteiger charge is -2.09. The fraction of sp³-hybridized carbons (Fsp3) is 0.261. The quantitative estimate of drug-likeness (QED) is 0.464. The lowest BCUT2D eigenvalue weighted by atomic mass is 10.1. The second-order valence-corrected chi connectivity index (χ2v) is 7.85. The van der Waals surface area contributed by atoms with E-state index in [1.54, 1.807) is 13.2 Å². The highest BCUT2D eigenvalue weighted by atomic mass is 32.1. The zero-order valence-electron chi connectivity index (χ0n) is 17.2. The number of methoxy groups -OCH3 is 1. The highest BCUT2D eigenvalue weighted by Gasteiger charge is 2.13. The number of pyridine rings is 1. The van der Waals surface area contributed by atoms with Crippen molar-refractivity contribution < 1.29 is 14.3 Å². The number of hydrogen-bond acceptors (Lipinski definition) is 5. The van der Waals surface area contributed by atoms with Gasteiger partial charge in [0.05, 0.1) is 23.4 Å². The van der Waals surface area contributed by atoms with Crippen LogP contribution in [-0.4, -0.2) is 35.8 Å². The Labute approximate surface area is 178 Å². The molecule has 2 aromatic carbocycles. The molecule has 154 valence electrons. The number of ether oxygens (including phenoxy) is 2. The van der Waals surface area contributed by atoms with Gasteiger partial charge >= 0.3 is 0 Å². The van der Waals surface area contributed by atoms with Crippen LogP contribution in [0.15, 0.2) is 53.5 Å². The molecule has 7 heteroatoms. The number of fused-ring (bicyclic) bond motifs is 2. The molecule has 0 N–H and O–H groups in total. The van der Waals surface area contributed by atoms with Gasteiger partial charge in [0.1, 0.15) is 11.3 Å². The van der Waals surface area contributed by atoms with Gasteiger partial charge in [0.15, 0.2) is 4.80 Å². The Morgan fingerprint density at radius 3 is 2.87 bits per heavy atom. The Balaban J connectivity index is 1.82. The molecule has 0 bridgehead atoms. The van der Waals surface area contributed by atoms with Crippen LogP contribution in [0.4, 0.5) is 0 Å². The summed E-state index contributed by atoms with van der Waals surface area (Å²) in [6.07, 6.45) is 0. The molecule has 0 atom stereocenters. The van der Waals surface area contributed by atoms with E-state index in [2.05, 4.69) is 9.98 Å². The summed E-state index contributed by atoms with van der Waals surface area (Å²) in [5, 5.41) is 0.920. The molecule has 4 aromatic rings. The molecule has 2 aromatic heterocycles. The van der Waals surface area contributed by atoms with Gasteiger partial charge in [-0.25, -0.2) is 0 Å². The first-order valence-corrected chi connectivity index (χ1v) is 10.6. The van der Waals surface area contributed by atoms with Crippen LogP contribution in [0.3, 0.4) is 0 Å². The molecule has 6 nitrogen and oxygen atoms in total. The number of amides is 1. The molecule has 0 radical (unpaired) electrons. The molecule has 0 fully saturated rings. The molecule has 0 unspecified atom stereocenters. The number of para-hydroxylation sites is 1. The van der Waals surface area contributed by atoms with Gasteiger partial charge in [-0.05, 0) is 50.2 Å². The minimum absolute atomic E-state index is 0.284. The Kier molecular flexibility index (Phi) is 5.92. The van der Waals surface area contributed by atoms with E-state index >= 15 is 0 Å². The van der Waals surface area contributed by atoms with Crippen molar-refractivity contribution in [1.82, 2.24) is 9.55 Å². The number of benzene rings is 2. The number of aromatic nitrogens is 2. The molecule has 0 saturated carbocycles. The summed E-state index contributed by atoms with van der Waals surface area (Å²) in [6, 6.07) is 15.3. The van der Waals surface area contributed by atoms with E-state index in [0.29, 0.717) is 30.1 Å². The predicted molar refractivity (Wildman–Crippen MR) is 119 cm³/mol. The SMILES string of the molecule is CCOc1cccc2sc(=NC(=O)c3ccc4nc(C)ccc4c3)n(CCOC)c12. The maximum absolute atomic E-state index is 13.0. The standard InChI is InChI=1S/C23H23N3O3S/c1-4-29-19-6-5-7-20-21(19)26(12-13-28-3)23(30-20)25-22(27)17-10-11-18-16(14-17)9-8-15(2)24-18/h5-11,14H,4,12-13H2,1-3H3. The third-order valence-electron chi connectivity index (χ3n) is 4.76. The van der Waals surface area contributed by atoms with Crippen LogP contribution >= 0.6 is 11.3 Å². The molecule has 4 rings (SSSR count). The smallest absolute Gasteiger partial charge is 0.279 e. The van der Waals surface area contributed by atoms with Gasteiger partial charge in [-0.1, -0.05) is 23.5 Å². The molecule has 0 spiro atoms. The summed E-state index contributed by atoms with van der Waals surface area (Å²) in [7, 11) is 1.66. The molecule has 0 aliphatic rings. The van der Waals surface area contributed by atoms with Crippen molar-refractivity contribution in [3.63, 3.8) is 0 Å². The van der Waals surface area contributed by atoms with Crippen molar-refractivity contribution in [2.75, 3.05) is 20.3 Å². The fourth-order valence-corrected chi connectivity index (χ4v) is 4.43. The fourth-order valence-electron chi connectivity index (χ4n) is 3.36. The second-order valence-electron chi connectivity index (χ2n) is 6.84. The van der Waals surface area contributed by atoms with Crippen molar-refractivity contribution in [3.05, 3.63) is 64.6 Å². The number of aryl methyl sites for hydroxylation is 1. The molecule has 0 aliphatic carbocycles. The Morgan fingerprint density at radius 2 is 2.07 bits per heavy atom. The maximum atomic E-state index is 13.0. The average Bonchev–Trinajstić information content (AvgIpc) is 3.09. The van der Waals surface area contributed by atoms with E-state index in [-0.39, 0.29) is 5.91 Å². The van der Waals surface area contributed by atoms with Crippen LogP contribution in [0.5, 0.6) is 5.75 Å². The number of carbonyl (C=O) groups is 1. The maximum Gasteiger partial charge on any atom is 0.279 e.